The van der Waals surface area contributed by atoms with Gasteiger partial charge in [-0.05, 0) is 25.5 Å². The first-order valence-electron chi connectivity index (χ1n) is 8.67. The number of anilines is 1. The van der Waals surface area contributed by atoms with E-state index in [0.717, 1.165) is 45.9 Å². The molecule has 2 aliphatic heterocycles. The molecule has 0 bridgehead atoms. The Labute approximate surface area is 182 Å². The van der Waals surface area contributed by atoms with Gasteiger partial charge in [0.05, 0.1) is 30.2 Å². The van der Waals surface area contributed by atoms with E-state index in [1.54, 1.807) is 4.90 Å². The van der Waals surface area contributed by atoms with Crippen molar-refractivity contribution in [2.24, 2.45) is 0 Å². The maximum Gasteiger partial charge on any atom is 0.346 e. The van der Waals surface area contributed by atoms with Crippen LogP contribution in [0, 0.1) is 6.92 Å². The number of fused-ring (bicyclic) bond motifs is 1. The van der Waals surface area contributed by atoms with Gasteiger partial charge in [-0.2, -0.15) is 0 Å². The second kappa shape index (κ2) is 8.33. The molecule has 2 heterocycles. The van der Waals surface area contributed by atoms with E-state index in [0.29, 0.717) is 9.10 Å². The summed E-state index contributed by atoms with van der Waals surface area (Å²) in [4.78, 5) is 39.4. The molecule has 6 nitrogen and oxygen atoms in total. The third-order valence-corrected chi connectivity index (χ3v) is 7.68. The fraction of sp³-hybridized carbons (Fsp3) is 0.300. The van der Waals surface area contributed by atoms with Gasteiger partial charge in [0.1, 0.15) is 9.81 Å². The van der Waals surface area contributed by atoms with Crippen LogP contribution in [0.25, 0.3) is 5.57 Å². The lowest BCUT2D eigenvalue weighted by molar-refractivity contribution is -0.138. The quantitative estimate of drug-likeness (QED) is 0.383. The highest BCUT2D eigenvalue weighted by molar-refractivity contribution is 8.29. The highest BCUT2D eigenvalue weighted by Crippen LogP contribution is 2.55. The molecule has 1 amide bonds. The fourth-order valence-corrected chi connectivity index (χ4v) is 6.29. The Kier molecular flexibility index (Phi) is 6.21. The zero-order chi connectivity index (χ0) is 21.5. The summed E-state index contributed by atoms with van der Waals surface area (Å²) in [6.07, 6.45) is 0. The highest BCUT2D eigenvalue weighted by Gasteiger charge is 2.39. The average molecular weight is 450 g/mol. The van der Waals surface area contributed by atoms with Gasteiger partial charge < -0.3 is 14.4 Å². The second-order valence-corrected chi connectivity index (χ2v) is 9.20. The normalized spacial score (nSPS) is 18.7. The molecule has 1 atom stereocenters. The Hall–Kier alpha value is -2.10. The highest BCUT2D eigenvalue weighted by atomic mass is 32.2. The fourth-order valence-electron chi connectivity index (χ4n) is 3.23. The van der Waals surface area contributed by atoms with Gasteiger partial charge in [-0.15, -0.1) is 0 Å². The molecule has 1 aromatic rings. The van der Waals surface area contributed by atoms with Crippen LogP contribution in [0.2, 0.25) is 0 Å². The van der Waals surface area contributed by atoms with Crippen molar-refractivity contribution in [2.75, 3.05) is 19.1 Å². The Morgan fingerprint density at radius 3 is 2.10 bits per heavy atom. The van der Waals surface area contributed by atoms with E-state index in [1.165, 1.54) is 21.1 Å². The van der Waals surface area contributed by atoms with Gasteiger partial charge in [0, 0.05) is 22.9 Å². The van der Waals surface area contributed by atoms with Crippen LogP contribution in [0.15, 0.2) is 32.2 Å². The van der Waals surface area contributed by atoms with Gasteiger partial charge in [0.15, 0.2) is 0 Å². The lowest BCUT2D eigenvalue weighted by Crippen LogP contribution is -2.45. The number of hydrogen-bond acceptors (Lipinski definition) is 8. The second-order valence-electron chi connectivity index (χ2n) is 6.46. The monoisotopic (exact) mass is 449 g/mol. The minimum Gasteiger partial charge on any atom is -0.465 e. The number of hydrogen-bond donors (Lipinski definition) is 0. The summed E-state index contributed by atoms with van der Waals surface area (Å²) in [7, 11) is 2.52. The minimum absolute atomic E-state index is 0.105. The Morgan fingerprint density at radius 2 is 1.62 bits per heavy atom. The Bertz CT molecular complexity index is 981. The van der Waals surface area contributed by atoms with Gasteiger partial charge in [0.25, 0.3) is 0 Å². The van der Waals surface area contributed by atoms with E-state index in [-0.39, 0.29) is 21.8 Å². The van der Waals surface area contributed by atoms with Gasteiger partial charge in [-0.25, -0.2) is 9.59 Å². The summed E-state index contributed by atoms with van der Waals surface area (Å²) in [6, 6.07) is 5.45. The van der Waals surface area contributed by atoms with Crippen molar-refractivity contribution in [1.29, 1.82) is 0 Å². The lowest BCUT2D eigenvalue weighted by atomic mass is 9.91. The van der Waals surface area contributed by atoms with Gasteiger partial charge in [-0.1, -0.05) is 47.9 Å². The first-order valence-corrected chi connectivity index (χ1v) is 10.7. The molecule has 2 aliphatic rings. The smallest absolute Gasteiger partial charge is 0.346 e. The molecule has 0 saturated heterocycles. The van der Waals surface area contributed by atoms with Crippen LogP contribution in [-0.4, -0.2) is 43.0 Å². The molecule has 152 valence electrons. The number of benzene rings is 1. The van der Waals surface area contributed by atoms with Gasteiger partial charge >= 0.3 is 11.9 Å². The summed E-state index contributed by atoms with van der Waals surface area (Å²) in [5.41, 5.74) is 3.30. The number of esters is 2. The number of carbonyl (C=O) groups excluding carboxylic acids is 3. The third kappa shape index (κ3) is 3.74. The molecule has 0 saturated carbocycles. The molecule has 0 unspecified atom stereocenters. The predicted octanol–water partition coefficient (Wildman–Crippen LogP) is 3.83. The first kappa shape index (κ1) is 21.6. The zero-order valence-electron chi connectivity index (χ0n) is 16.5. The summed E-state index contributed by atoms with van der Waals surface area (Å²) >= 11 is 8.01. The maximum atomic E-state index is 12.3. The third-order valence-electron chi connectivity index (χ3n) is 4.58. The number of aryl methyl sites for hydroxylation is 1. The summed E-state index contributed by atoms with van der Waals surface area (Å²) in [6.45, 7) is 5.33. The molecular formula is C20H19NO5S3. The van der Waals surface area contributed by atoms with Crippen molar-refractivity contribution in [2.45, 2.75) is 26.8 Å². The molecule has 9 heteroatoms. The number of carbonyl (C=O) groups is 3. The number of nitrogens with zero attached hydrogens (tertiary/aromatic N) is 1. The summed E-state index contributed by atoms with van der Waals surface area (Å²) < 4.78 is 10.3. The van der Waals surface area contributed by atoms with Crippen LogP contribution in [-0.2, 0) is 23.9 Å². The molecule has 0 radical (unpaired) electrons. The van der Waals surface area contributed by atoms with Gasteiger partial charge in [0.2, 0.25) is 5.91 Å². The molecule has 1 aromatic carbocycles. The average Bonchev–Trinajstić information content (AvgIpc) is 3.12. The van der Waals surface area contributed by atoms with Crippen molar-refractivity contribution in [3.8, 4) is 0 Å². The number of methoxy groups -OCH3 is 2. The topological polar surface area (TPSA) is 72.9 Å². The number of ether oxygens (including phenoxy) is 2. The molecule has 0 aliphatic carbocycles. The largest absolute Gasteiger partial charge is 0.465 e. The zero-order valence-corrected chi connectivity index (χ0v) is 19.0. The van der Waals surface area contributed by atoms with Crippen molar-refractivity contribution in [3.05, 3.63) is 43.4 Å². The first-order chi connectivity index (χ1) is 13.7. The number of thioether (sulfide) groups is 2. The van der Waals surface area contributed by atoms with Crippen LogP contribution in [0.5, 0.6) is 0 Å². The number of thiocarbonyl (C=S) groups is 1. The van der Waals surface area contributed by atoms with E-state index in [2.05, 4.69) is 0 Å². The lowest BCUT2D eigenvalue weighted by Gasteiger charge is -2.37. The summed E-state index contributed by atoms with van der Waals surface area (Å²) in [5, 5.41) is 0. The Morgan fingerprint density at radius 1 is 1.07 bits per heavy atom. The SMILES string of the molecule is COC(=O)C1=C(C(=O)OC)SC(=C2C(=S)[C@H](C)N(C(C)=O)c3cc(C)ccc32)S1. The molecule has 0 N–H and O–H groups in total. The van der Waals surface area contributed by atoms with Crippen LogP contribution in [0.3, 0.4) is 0 Å². The number of amides is 1. The van der Waals surface area contributed by atoms with Crippen LogP contribution < -0.4 is 4.90 Å². The number of rotatable bonds is 2. The molecule has 29 heavy (non-hydrogen) atoms. The van der Waals surface area contributed by atoms with Gasteiger partial charge in [-0.3, -0.25) is 4.79 Å². The van der Waals surface area contributed by atoms with E-state index >= 15 is 0 Å². The van der Waals surface area contributed by atoms with E-state index in [1.807, 2.05) is 32.0 Å². The summed E-state index contributed by atoms with van der Waals surface area (Å²) in [5.74, 6) is -1.32. The minimum atomic E-state index is -0.609. The maximum absolute atomic E-state index is 12.3. The van der Waals surface area contributed by atoms with Crippen LogP contribution in [0.4, 0.5) is 5.69 Å². The molecule has 0 spiro atoms. The molecule has 3 rings (SSSR count). The van der Waals surface area contributed by atoms with E-state index in [9.17, 15) is 14.4 Å². The molecule has 0 fully saturated rings. The van der Waals surface area contributed by atoms with E-state index < -0.39 is 11.9 Å². The standard InChI is InChI=1S/C20H19NO5S3/c1-9-6-7-12-13(8-9)21(11(3)22)10(2)15(27)14(12)20-28-16(18(23)25-4)17(29-20)19(24)26-5/h6-8,10H,1-5H3/t10-/m0/s1. The molecule has 0 aromatic heterocycles. The molecular weight excluding hydrogens is 430 g/mol. The van der Waals surface area contributed by atoms with Crippen LogP contribution in [0.1, 0.15) is 25.0 Å². The van der Waals surface area contributed by atoms with Crippen molar-refractivity contribution >= 4 is 69.7 Å². The predicted molar refractivity (Wildman–Crippen MR) is 120 cm³/mol. The van der Waals surface area contributed by atoms with Crippen molar-refractivity contribution < 1.29 is 23.9 Å². The van der Waals surface area contributed by atoms with Crippen molar-refractivity contribution in [1.82, 2.24) is 0 Å². The Balaban J connectivity index is 2.20. The van der Waals surface area contributed by atoms with Crippen molar-refractivity contribution in [3.63, 3.8) is 0 Å². The van der Waals surface area contributed by atoms with E-state index in [4.69, 9.17) is 21.7 Å². The van der Waals surface area contributed by atoms with Crippen LogP contribution >= 0.6 is 35.7 Å².